The van der Waals surface area contributed by atoms with E-state index in [-0.39, 0.29) is 29.0 Å². The number of nitrogens with one attached hydrogen (secondary N) is 1. The maximum atomic E-state index is 13.2. The van der Waals surface area contributed by atoms with Crippen LogP contribution in [0.5, 0.6) is 5.75 Å². The lowest BCUT2D eigenvalue weighted by molar-refractivity contribution is -0.125. The second-order valence-corrected chi connectivity index (χ2v) is 10.6. The molecule has 2 amide bonds. The van der Waals surface area contributed by atoms with Crippen LogP contribution in [-0.2, 0) is 11.3 Å². The van der Waals surface area contributed by atoms with Crippen molar-refractivity contribution in [3.63, 3.8) is 0 Å². The number of aromatic hydroxyl groups is 1. The first-order valence-electron chi connectivity index (χ1n) is 12.7. The summed E-state index contributed by atoms with van der Waals surface area (Å²) >= 11 is 5.98. The lowest BCUT2D eigenvalue weighted by atomic mass is 9.96. The maximum Gasteiger partial charge on any atom is 0.258 e. The normalized spacial score (nSPS) is 19.3. The van der Waals surface area contributed by atoms with Gasteiger partial charge in [0.2, 0.25) is 5.91 Å². The number of para-hydroxylation sites is 1. The second-order valence-electron chi connectivity index (χ2n) is 10.1. The summed E-state index contributed by atoms with van der Waals surface area (Å²) in [4.78, 5) is 30.3. The van der Waals surface area contributed by atoms with Gasteiger partial charge in [0.15, 0.2) is 0 Å². The van der Waals surface area contributed by atoms with Gasteiger partial charge >= 0.3 is 0 Å². The lowest BCUT2D eigenvalue weighted by Crippen LogP contribution is -2.47. The predicted molar refractivity (Wildman–Crippen MR) is 139 cm³/mol. The molecule has 7 heteroatoms. The van der Waals surface area contributed by atoms with E-state index in [0.29, 0.717) is 25.4 Å². The average molecular weight is 498 g/mol. The van der Waals surface area contributed by atoms with E-state index < -0.39 is 6.04 Å². The van der Waals surface area contributed by atoms with Gasteiger partial charge in [-0.25, -0.2) is 0 Å². The van der Waals surface area contributed by atoms with Crippen molar-refractivity contribution in [2.24, 2.45) is 5.92 Å². The first kappa shape index (κ1) is 25.5. The number of benzene rings is 2. The van der Waals surface area contributed by atoms with Crippen molar-refractivity contribution in [3.8, 4) is 5.75 Å². The van der Waals surface area contributed by atoms with Gasteiger partial charge in [-0.2, -0.15) is 0 Å². The second kappa shape index (κ2) is 11.4. The topological polar surface area (TPSA) is 72.9 Å². The zero-order valence-electron chi connectivity index (χ0n) is 20.7. The maximum absolute atomic E-state index is 13.2. The first-order valence-corrected chi connectivity index (χ1v) is 13.1. The molecule has 1 atom stereocenters. The summed E-state index contributed by atoms with van der Waals surface area (Å²) in [5, 5.41) is 14.5. The minimum absolute atomic E-state index is 0.0314. The van der Waals surface area contributed by atoms with Gasteiger partial charge in [-0.15, -0.1) is 0 Å². The highest BCUT2D eigenvalue weighted by Crippen LogP contribution is 2.31. The molecule has 2 saturated heterocycles. The highest BCUT2D eigenvalue weighted by atomic mass is 35.5. The fraction of sp³-hybridized carbons (Fsp3) is 0.500. The number of likely N-dealkylation sites (tertiary alicyclic amines) is 2. The Morgan fingerprint density at radius 1 is 1.06 bits per heavy atom. The molecule has 2 heterocycles. The number of rotatable bonds is 7. The first-order chi connectivity index (χ1) is 16.8. The lowest BCUT2D eigenvalue weighted by Gasteiger charge is -2.32. The van der Waals surface area contributed by atoms with Crippen LogP contribution in [0.3, 0.4) is 0 Å². The molecule has 2 aromatic rings. The van der Waals surface area contributed by atoms with Gasteiger partial charge in [0.05, 0.1) is 5.56 Å². The van der Waals surface area contributed by atoms with Gasteiger partial charge in [0, 0.05) is 24.7 Å². The Hall–Kier alpha value is -2.57. The standard InChI is InChI=1S/C28H36ClN3O3/c1-19(2)23-5-3-6-24(26(23)33)28(35)32-14-4-7-25(32)27(34)30-17-20-12-15-31(16-13-20)18-21-8-10-22(29)11-9-21/h3,5-6,8-11,19-20,25,33H,4,7,12-18H2,1-2H3,(H,30,34). The number of hydrogen-bond acceptors (Lipinski definition) is 4. The fourth-order valence-corrected chi connectivity index (χ4v) is 5.32. The number of hydrogen-bond donors (Lipinski definition) is 2. The molecular weight excluding hydrogens is 462 g/mol. The molecule has 2 aliphatic rings. The van der Waals surface area contributed by atoms with Crippen molar-refractivity contribution >= 4 is 23.4 Å². The van der Waals surface area contributed by atoms with E-state index in [4.69, 9.17) is 11.6 Å². The van der Waals surface area contributed by atoms with Crippen LogP contribution in [0.4, 0.5) is 0 Å². The Bertz CT molecular complexity index is 1030. The molecule has 0 bridgehead atoms. The Labute approximate surface area is 213 Å². The van der Waals surface area contributed by atoms with E-state index in [1.807, 2.05) is 32.0 Å². The van der Waals surface area contributed by atoms with Gasteiger partial charge in [-0.3, -0.25) is 14.5 Å². The fourth-order valence-electron chi connectivity index (χ4n) is 5.20. The van der Waals surface area contributed by atoms with E-state index in [1.165, 1.54) is 5.56 Å². The number of carbonyl (C=O) groups excluding carboxylic acids is 2. The van der Waals surface area contributed by atoms with Gasteiger partial charge in [0.1, 0.15) is 11.8 Å². The van der Waals surface area contributed by atoms with Crippen LogP contribution in [-0.4, -0.2) is 58.9 Å². The molecule has 188 valence electrons. The smallest absolute Gasteiger partial charge is 0.258 e. The summed E-state index contributed by atoms with van der Waals surface area (Å²) in [6.07, 6.45) is 3.52. The molecule has 2 aromatic carbocycles. The van der Waals surface area contributed by atoms with Crippen LogP contribution in [0.25, 0.3) is 0 Å². The summed E-state index contributed by atoms with van der Waals surface area (Å²) < 4.78 is 0. The van der Waals surface area contributed by atoms with Crippen LogP contribution in [0, 0.1) is 5.92 Å². The van der Waals surface area contributed by atoms with Crippen molar-refractivity contribution in [1.29, 1.82) is 0 Å². The van der Waals surface area contributed by atoms with E-state index in [9.17, 15) is 14.7 Å². The minimum Gasteiger partial charge on any atom is -0.507 e. The van der Waals surface area contributed by atoms with Gasteiger partial charge in [-0.05, 0) is 79.9 Å². The van der Waals surface area contributed by atoms with Gasteiger partial charge in [-0.1, -0.05) is 49.7 Å². The number of halogens is 1. The van der Waals surface area contributed by atoms with Crippen LogP contribution >= 0.6 is 11.6 Å². The summed E-state index contributed by atoms with van der Waals surface area (Å²) in [5.74, 6) is 0.233. The molecule has 0 aromatic heterocycles. The number of piperidine rings is 1. The Morgan fingerprint density at radius 2 is 1.77 bits per heavy atom. The summed E-state index contributed by atoms with van der Waals surface area (Å²) in [7, 11) is 0. The monoisotopic (exact) mass is 497 g/mol. The molecule has 4 rings (SSSR count). The number of carbonyl (C=O) groups is 2. The zero-order chi connectivity index (χ0) is 24.9. The molecule has 2 fully saturated rings. The Balaban J connectivity index is 1.28. The van der Waals surface area contributed by atoms with Crippen LogP contribution < -0.4 is 5.32 Å². The predicted octanol–water partition coefficient (Wildman–Crippen LogP) is 4.80. The Morgan fingerprint density at radius 3 is 2.46 bits per heavy atom. The third kappa shape index (κ3) is 6.17. The molecule has 0 spiro atoms. The largest absolute Gasteiger partial charge is 0.507 e. The van der Waals surface area contributed by atoms with Crippen molar-refractivity contribution in [2.45, 2.75) is 58.0 Å². The van der Waals surface area contributed by atoms with Crippen molar-refractivity contribution in [1.82, 2.24) is 15.1 Å². The van der Waals surface area contributed by atoms with E-state index in [1.54, 1.807) is 17.0 Å². The van der Waals surface area contributed by atoms with Crippen molar-refractivity contribution in [3.05, 3.63) is 64.2 Å². The molecule has 0 radical (unpaired) electrons. The van der Waals surface area contributed by atoms with Crippen LogP contribution in [0.15, 0.2) is 42.5 Å². The van der Waals surface area contributed by atoms with E-state index in [0.717, 1.165) is 49.5 Å². The molecule has 0 aliphatic carbocycles. The van der Waals surface area contributed by atoms with Crippen LogP contribution in [0.1, 0.15) is 66.9 Å². The van der Waals surface area contributed by atoms with Crippen molar-refractivity contribution in [2.75, 3.05) is 26.2 Å². The van der Waals surface area contributed by atoms with E-state index in [2.05, 4.69) is 22.3 Å². The van der Waals surface area contributed by atoms with Gasteiger partial charge in [0.25, 0.3) is 5.91 Å². The highest BCUT2D eigenvalue weighted by Gasteiger charge is 2.36. The van der Waals surface area contributed by atoms with Crippen LogP contribution in [0.2, 0.25) is 5.02 Å². The summed E-state index contributed by atoms with van der Waals surface area (Å²) in [6.45, 7) is 8.06. The molecule has 35 heavy (non-hydrogen) atoms. The SMILES string of the molecule is CC(C)c1cccc(C(=O)N2CCCC2C(=O)NCC2CCN(Cc3ccc(Cl)cc3)CC2)c1O. The molecule has 6 nitrogen and oxygen atoms in total. The molecule has 2 N–H and O–H groups in total. The van der Waals surface area contributed by atoms with E-state index >= 15 is 0 Å². The number of phenolic OH excluding ortho intramolecular Hbond substituents is 1. The van der Waals surface area contributed by atoms with Crippen molar-refractivity contribution < 1.29 is 14.7 Å². The molecule has 1 unspecified atom stereocenters. The Kier molecular flexibility index (Phi) is 8.34. The highest BCUT2D eigenvalue weighted by molar-refractivity contribution is 6.30. The number of nitrogens with zero attached hydrogens (tertiary/aromatic N) is 2. The zero-order valence-corrected chi connectivity index (χ0v) is 21.4. The molecule has 0 saturated carbocycles. The number of phenols is 1. The third-order valence-corrected chi connectivity index (χ3v) is 7.58. The average Bonchev–Trinajstić information content (AvgIpc) is 3.34. The molecule has 2 aliphatic heterocycles. The quantitative estimate of drug-likeness (QED) is 0.576. The minimum atomic E-state index is -0.477. The molecular formula is C28H36ClN3O3. The third-order valence-electron chi connectivity index (χ3n) is 7.33. The summed E-state index contributed by atoms with van der Waals surface area (Å²) in [5.41, 5.74) is 2.29. The number of amides is 2. The van der Waals surface area contributed by atoms with Gasteiger partial charge < -0.3 is 15.3 Å². The summed E-state index contributed by atoms with van der Waals surface area (Å²) in [6, 6.07) is 12.8.